The quantitative estimate of drug-likeness (QED) is 0.303. The maximum Gasteiger partial charge on any atom is 0.0761 e. The first-order valence-electron chi connectivity index (χ1n) is 13.0. The number of nitrogens with one attached hydrogen (secondary N) is 1. The number of unbranched alkanes of at least 4 members (excludes halogenated alkanes) is 2. The molecule has 1 heterocycles. The summed E-state index contributed by atoms with van der Waals surface area (Å²) in [5.41, 5.74) is 5.23. The molecule has 0 amide bonds. The van der Waals surface area contributed by atoms with Crippen LogP contribution in [0.1, 0.15) is 55.2 Å². The normalized spacial score (nSPS) is 25.0. The highest BCUT2D eigenvalue weighted by atomic mass is 16.3. The van der Waals surface area contributed by atoms with E-state index >= 15 is 0 Å². The fourth-order valence-corrected chi connectivity index (χ4v) is 5.71. The van der Waals surface area contributed by atoms with Crippen molar-refractivity contribution in [1.29, 1.82) is 0 Å². The minimum absolute atomic E-state index is 0.156. The van der Waals surface area contributed by atoms with Crippen LogP contribution in [0, 0.1) is 24.7 Å². The lowest BCUT2D eigenvalue weighted by Crippen LogP contribution is -2.18. The minimum atomic E-state index is -0.506. The molecule has 1 aromatic heterocycles. The molecule has 2 aromatic rings. The van der Waals surface area contributed by atoms with Gasteiger partial charge in [-0.3, -0.25) is 4.98 Å². The molecule has 1 saturated carbocycles. The fourth-order valence-electron chi connectivity index (χ4n) is 5.71. The van der Waals surface area contributed by atoms with Gasteiger partial charge in [-0.2, -0.15) is 0 Å². The van der Waals surface area contributed by atoms with Crippen LogP contribution in [0.5, 0.6) is 0 Å². The second-order valence-electron chi connectivity index (χ2n) is 10.2. The monoisotopic (exact) mass is 460 g/mol. The van der Waals surface area contributed by atoms with Crippen molar-refractivity contribution in [3.05, 3.63) is 89.3 Å². The van der Waals surface area contributed by atoms with Gasteiger partial charge in [-0.25, -0.2) is 0 Å². The molecular formula is C30H40N2O2. The van der Waals surface area contributed by atoms with E-state index in [0.29, 0.717) is 18.3 Å². The molecule has 0 spiro atoms. The van der Waals surface area contributed by atoms with E-state index in [4.69, 9.17) is 0 Å². The van der Waals surface area contributed by atoms with Crippen molar-refractivity contribution < 1.29 is 10.2 Å². The molecule has 0 unspecified atom stereocenters. The molecule has 4 nitrogen and oxygen atoms in total. The second kappa shape index (κ2) is 12.4. The number of aryl methyl sites for hydroxylation is 1. The summed E-state index contributed by atoms with van der Waals surface area (Å²) in [6.45, 7) is 4.04. The Morgan fingerprint density at radius 3 is 2.79 bits per heavy atom. The number of rotatable bonds is 12. The van der Waals surface area contributed by atoms with Crippen molar-refractivity contribution in [3.8, 4) is 0 Å². The Hall–Kier alpha value is -2.27. The van der Waals surface area contributed by atoms with E-state index in [1.165, 1.54) is 36.8 Å². The van der Waals surface area contributed by atoms with Gasteiger partial charge in [0, 0.05) is 31.3 Å². The molecule has 2 aliphatic carbocycles. The zero-order valence-corrected chi connectivity index (χ0v) is 20.4. The van der Waals surface area contributed by atoms with Gasteiger partial charge in [-0.15, -0.1) is 0 Å². The first-order chi connectivity index (χ1) is 16.6. The van der Waals surface area contributed by atoms with Crippen molar-refractivity contribution in [2.24, 2.45) is 17.8 Å². The predicted molar refractivity (Wildman–Crippen MR) is 138 cm³/mol. The first-order valence-corrected chi connectivity index (χ1v) is 13.0. The highest BCUT2D eigenvalue weighted by Crippen LogP contribution is 2.48. The number of aliphatic hydroxyl groups is 2. The Morgan fingerprint density at radius 1 is 1.12 bits per heavy atom. The lowest BCUT2D eigenvalue weighted by Gasteiger charge is -2.19. The van der Waals surface area contributed by atoms with Gasteiger partial charge in [0.1, 0.15) is 0 Å². The number of aliphatic hydroxyl groups excluding tert-OH is 2. The molecule has 2 aliphatic rings. The van der Waals surface area contributed by atoms with Crippen LogP contribution < -0.4 is 5.32 Å². The van der Waals surface area contributed by atoms with Crippen molar-refractivity contribution in [1.82, 2.24) is 10.3 Å². The molecule has 0 radical (unpaired) electrons. The molecule has 182 valence electrons. The zero-order valence-electron chi connectivity index (χ0n) is 20.4. The molecular weight excluding hydrogens is 420 g/mol. The van der Waals surface area contributed by atoms with Crippen LogP contribution in [0.25, 0.3) is 0 Å². The molecule has 0 bridgehead atoms. The minimum Gasteiger partial charge on any atom is -0.392 e. The lowest BCUT2D eigenvalue weighted by molar-refractivity contribution is 0.140. The standard InChI is InChI=1S/C30H40N2O2/c1-22-6-5-8-24(16-22)18-27(33)9-10-28-29-19-25(17-26(29)20-30(28)34)7-3-2-4-13-32-21-23-11-14-31-15-12-23/h5-6,8-12,14-17,26-30,32-34H,2-4,7,13,18-21H2,1H3/t26-,27+,28+,29-,30+/m0/s1. The van der Waals surface area contributed by atoms with Crippen LogP contribution >= 0.6 is 0 Å². The van der Waals surface area contributed by atoms with Gasteiger partial charge in [0.2, 0.25) is 0 Å². The number of allylic oxidation sites excluding steroid dienone is 2. The number of nitrogens with zero attached hydrogens (tertiary/aromatic N) is 1. The maximum absolute atomic E-state index is 10.6. The Bertz CT molecular complexity index is 955. The third kappa shape index (κ3) is 7.11. The Labute approximate surface area is 204 Å². The summed E-state index contributed by atoms with van der Waals surface area (Å²) >= 11 is 0. The van der Waals surface area contributed by atoms with Gasteiger partial charge in [0.05, 0.1) is 12.2 Å². The van der Waals surface area contributed by atoms with Gasteiger partial charge in [0.25, 0.3) is 0 Å². The number of aromatic nitrogens is 1. The largest absolute Gasteiger partial charge is 0.392 e. The van der Waals surface area contributed by atoms with E-state index in [2.05, 4.69) is 59.7 Å². The summed E-state index contributed by atoms with van der Waals surface area (Å²) in [4.78, 5) is 4.06. The molecule has 3 N–H and O–H groups in total. The van der Waals surface area contributed by atoms with E-state index in [1.807, 2.05) is 24.5 Å². The maximum atomic E-state index is 10.6. The third-order valence-corrected chi connectivity index (χ3v) is 7.46. The topological polar surface area (TPSA) is 65.4 Å². The average Bonchev–Trinajstić information content (AvgIpc) is 3.34. The Kier molecular flexibility index (Phi) is 9.09. The fraction of sp³-hybridized carbons (Fsp3) is 0.500. The van der Waals surface area contributed by atoms with Crippen LogP contribution in [-0.4, -0.2) is 33.9 Å². The van der Waals surface area contributed by atoms with Gasteiger partial charge in [-0.05, 0) is 80.7 Å². The van der Waals surface area contributed by atoms with Crippen LogP contribution in [0.3, 0.4) is 0 Å². The molecule has 4 rings (SSSR count). The molecule has 0 aliphatic heterocycles. The van der Waals surface area contributed by atoms with Gasteiger partial charge >= 0.3 is 0 Å². The Balaban J connectivity index is 1.15. The molecule has 1 fully saturated rings. The second-order valence-corrected chi connectivity index (χ2v) is 10.2. The number of fused-ring (bicyclic) bond motifs is 1. The smallest absolute Gasteiger partial charge is 0.0761 e. The summed E-state index contributed by atoms with van der Waals surface area (Å²) in [6, 6.07) is 12.4. The van der Waals surface area contributed by atoms with Crippen LogP contribution in [-0.2, 0) is 13.0 Å². The van der Waals surface area contributed by atoms with Crippen LogP contribution in [0.4, 0.5) is 0 Å². The van der Waals surface area contributed by atoms with E-state index in [-0.39, 0.29) is 12.0 Å². The average molecular weight is 461 g/mol. The summed E-state index contributed by atoms with van der Waals surface area (Å²) in [6.07, 6.45) is 16.8. The third-order valence-electron chi connectivity index (χ3n) is 7.46. The Morgan fingerprint density at radius 2 is 1.97 bits per heavy atom. The highest BCUT2D eigenvalue weighted by molar-refractivity contribution is 5.24. The van der Waals surface area contributed by atoms with E-state index in [0.717, 1.165) is 31.5 Å². The van der Waals surface area contributed by atoms with Crippen molar-refractivity contribution in [3.63, 3.8) is 0 Å². The van der Waals surface area contributed by atoms with Gasteiger partial charge < -0.3 is 15.5 Å². The van der Waals surface area contributed by atoms with Gasteiger partial charge in [-0.1, -0.05) is 60.1 Å². The summed E-state index contributed by atoms with van der Waals surface area (Å²) < 4.78 is 0. The molecule has 5 atom stereocenters. The number of pyridine rings is 1. The van der Waals surface area contributed by atoms with E-state index in [9.17, 15) is 10.2 Å². The summed E-state index contributed by atoms with van der Waals surface area (Å²) in [7, 11) is 0. The van der Waals surface area contributed by atoms with Crippen molar-refractivity contribution >= 4 is 0 Å². The van der Waals surface area contributed by atoms with E-state index < -0.39 is 6.10 Å². The molecule has 0 saturated heterocycles. The molecule has 1 aromatic carbocycles. The van der Waals surface area contributed by atoms with Crippen molar-refractivity contribution in [2.45, 2.75) is 70.6 Å². The van der Waals surface area contributed by atoms with Crippen LogP contribution in [0.2, 0.25) is 0 Å². The number of hydrogen-bond donors (Lipinski definition) is 3. The van der Waals surface area contributed by atoms with Crippen molar-refractivity contribution in [2.75, 3.05) is 6.54 Å². The zero-order chi connectivity index (χ0) is 23.8. The number of hydrogen-bond acceptors (Lipinski definition) is 4. The molecule has 4 heteroatoms. The van der Waals surface area contributed by atoms with Crippen LogP contribution in [0.15, 0.2) is 72.6 Å². The summed E-state index contributed by atoms with van der Waals surface area (Å²) in [5.74, 6) is 1.15. The van der Waals surface area contributed by atoms with Gasteiger partial charge in [0.15, 0.2) is 0 Å². The SMILES string of the molecule is Cc1cccc(C[C@H](O)C=C[C@@H]2[C@H]3CC(CCCCCNCc4ccncc4)=C[C@H]3C[C@H]2O)c1. The summed E-state index contributed by atoms with van der Waals surface area (Å²) in [5, 5.41) is 24.7. The highest BCUT2D eigenvalue weighted by Gasteiger charge is 2.43. The predicted octanol–water partition coefficient (Wildman–Crippen LogP) is 5.14. The number of benzene rings is 1. The molecule has 34 heavy (non-hydrogen) atoms. The van der Waals surface area contributed by atoms with E-state index in [1.54, 1.807) is 5.57 Å². The lowest BCUT2D eigenvalue weighted by atomic mass is 9.88. The first kappa shape index (κ1) is 24.8.